The van der Waals surface area contributed by atoms with Crippen molar-refractivity contribution in [2.45, 2.75) is 251 Å². The Morgan fingerprint density at radius 2 is 0.444 bits per heavy atom. The molecule has 6 N–H and O–H groups in total. The number of hydrogen-bond acceptors (Lipinski definition) is 18. The number of methoxy groups -OCH3 is 3. The van der Waals surface area contributed by atoms with Crippen molar-refractivity contribution in [2.24, 2.45) is 0 Å². The smallest absolute Gasteiger partial charge is 0.323 e. The molecule has 3 atom stereocenters. The van der Waals surface area contributed by atoms with Crippen molar-refractivity contribution < 1.29 is 59.2 Å². The predicted octanol–water partition coefficient (Wildman–Crippen LogP) is 17.8. The van der Waals surface area contributed by atoms with Crippen molar-refractivity contribution in [1.29, 1.82) is 0 Å². The summed E-state index contributed by atoms with van der Waals surface area (Å²) in [6.07, 6.45) is 0.225. The van der Waals surface area contributed by atoms with E-state index in [1.807, 2.05) is 87.5 Å². The summed E-state index contributed by atoms with van der Waals surface area (Å²) < 4.78 is 17.4. The van der Waals surface area contributed by atoms with Crippen LogP contribution in [0.3, 0.4) is 0 Å². The van der Waals surface area contributed by atoms with Crippen molar-refractivity contribution in [3.8, 4) is 34.5 Å². The first kappa shape index (κ1) is 83.2. The highest BCUT2D eigenvalue weighted by atomic mass is 32.2. The lowest BCUT2D eigenvalue weighted by atomic mass is 9.81. The summed E-state index contributed by atoms with van der Waals surface area (Å²) in [4.78, 5) is 51.1. The summed E-state index contributed by atoms with van der Waals surface area (Å²) in [5, 5.41) is 79.6. The third-order valence-corrected chi connectivity index (χ3v) is 24.9. The lowest BCUT2D eigenvalue weighted by Gasteiger charge is -2.33. The first-order valence-electron chi connectivity index (χ1n) is 37.7. The third kappa shape index (κ3) is 19.3. The number of esters is 3. The Hall–Kier alpha value is -7.32. The first-order chi connectivity index (χ1) is 50.3. The van der Waals surface area contributed by atoms with Crippen LogP contribution in [0.2, 0.25) is 0 Å². The van der Waals surface area contributed by atoms with Gasteiger partial charge in [0.2, 0.25) is 0 Å². The Kier molecular flexibility index (Phi) is 25.1. The van der Waals surface area contributed by atoms with Crippen LogP contribution in [0.25, 0.3) is 0 Å². The molecule has 3 aliphatic heterocycles. The lowest BCUT2D eigenvalue weighted by molar-refractivity contribution is -0.147. The molecule has 0 amide bonds. The van der Waals surface area contributed by atoms with E-state index in [2.05, 4.69) is 143 Å². The first-order valence-corrected chi connectivity index (χ1v) is 41.2. The number of rotatable bonds is 3. The number of phenolic OH excluding ortho intramolecular Hbond substituents is 6. The van der Waals surface area contributed by atoms with Gasteiger partial charge in [-0.2, -0.15) is 35.3 Å². The van der Waals surface area contributed by atoms with Gasteiger partial charge in [0.25, 0.3) is 0 Å². The van der Waals surface area contributed by atoms with E-state index < -0.39 is 68.5 Å². The van der Waals surface area contributed by atoms with Crippen LogP contribution in [0.4, 0.5) is 0 Å². The van der Waals surface area contributed by atoms with Gasteiger partial charge in [-0.05, 0) is 116 Å². The third-order valence-electron chi connectivity index (χ3n) is 21.7. The van der Waals surface area contributed by atoms with Gasteiger partial charge in [0.05, 0.1) is 21.3 Å². The number of phenols is 6. The van der Waals surface area contributed by atoms with Gasteiger partial charge in [-0.15, -0.1) is 0 Å². The molecular weight excluding hydrogens is 1410 g/mol. The van der Waals surface area contributed by atoms with Crippen LogP contribution in [0.1, 0.15) is 241 Å². The molecule has 0 aromatic heterocycles. The van der Waals surface area contributed by atoms with Crippen molar-refractivity contribution in [1.82, 2.24) is 14.7 Å². The molecule has 0 aliphatic carbocycles. The highest BCUT2D eigenvalue weighted by Gasteiger charge is 2.37. The fourth-order valence-corrected chi connectivity index (χ4v) is 18.0. The van der Waals surface area contributed by atoms with E-state index in [-0.39, 0.29) is 110 Å². The maximum absolute atomic E-state index is 15.0. The molecule has 0 saturated carbocycles. The molecule has 7 aromatic carbocycles. The molecule has 108 heavy (non-hydrogen) atoms. The van der Waals surface area contributed by atoms with Crippen molar-refractivity contribution in [2.75, 3.05) is 38.6 Å². The fraction of sp³-hybridized carbons (Fsp3) is 0.500. The van der Waals surface area contributed by atoms with E-state index in [0.29, 0.717) is 84.0 Å². The molecule has 3 aliphatic rings. The lowest BCUT2D eigenvalue weighted by Crippen LogP contribution is -2.43. The maximum Gasteiger partial charge on any atom is 0.323 e. The number of benzene rings is 7. The Labute approximate surface area is 655 Å². The van der Waals surface area contributed by atoms with E-state index in [9.17, 15) is 30.6 Å². The molecule has 7 aromatic rings. The molecule has 582 valence electrons. The molecule has 0 unspecified atom stereocenters. The van der Waals surface area contributed by atoms with Gasteiger partial charge < -0.3 is 44.8 Å². The van der Waals surface area contributed by atoms with Crippen LogP contribution < -0.4 is 0 Å². The Morgan fingerprint density at radius 3 is 0.593 bits per heavy atom. The van der Waals surface area contributed by atoms with Crippen LogP contribution in [-0.2, 0) is 137 Å². The van der Waals surface area contributed by atoms with E-state index >= 15 is 14.4 Å². The molecule has 0 saturated heterocycles. The minimum atomic E-state index is -0.948. The zero-order chi connectivity index (χ0) is 79.2. The highest BCUT2D eigenvalue weighted by molar-refractivity contribution is 7.99. The van der Waals surface area contributed by atoms with Gasteiger partial charge in [0.15, 0.2) is 0 Å². The highest BCUT2D eigenvalue weighted by Crippen LogP contribution is 2.45. The molecule has 0 fully saturated rings. The van der Waals surface area contributed by atoms with E-state index in [4.69, 9.17) is 14.2 Å². The molecule has 0 spiro atoms. The van der Waals surface area contributed by atoms with Crippen molar-refractivity contribution >= 4 is 53.2 Å². The zero-order valence-corrected chi connectivity index (χ0v) is 70.1. The summed E-state index contributed by atoms with van der Waals surface area (Å²) in [6.45, 7) is 38.1. The summed E-state index contributed by atoms with van der Waals surface area (Å²) in [7, 11) is 4.16. The van der Waals surface area contributed by atoms with E-state index in [0.717, 1.165) is 50.1 Å². The SMILES string of the molecule is COC(=O)[C@@H]1CSCc2cc3cc(c2)CSC[C@@H](C(=O)OC)N2Cc4cc(C(C)(C)C)cc(c4O)Cc4cc(C(C)(C)C)cc(c4O)CN1Cc1cc(C(C)(C)C)cc(c1O)Cc1cc(C(C)(C)C)cc(c1O)CN(Cc1cc(C(C)(C)C)cc(c1O)Cc1cc(C(C)(C)C)cc(c1O)C2)[C@H](C(=O)OC)CSC3. The largest absolute Gasteiger partial charge is 0.507 e. The van der Waals surface area contributed by atoms with Crippen LogP contribution in [0, 0.1) is 0 Å². The second-order valence-corrected chi connectivity index (χ2v) is 39.5. The van der Waals surface area contributed by atoms with Crippen LogP contribution in [0.5, 0.6) is 34.5 Å². The summed E-state index contributed by atoms with van der Waals surface area (Å²) >= 11 is 4.68. The molecule has 18 bridgehead atoms. The van der Waals surface area contributed by atoms with Gasteiger partial charge in [0, 0.05) is 126 Å². The van der Waals surface area contributed by atoms with Crippen molar-refractivity contribution in [3.63, 3.8) is 0 Å². The van der Waals surface area contributed by atoms with Crippen LogP contribution >= 0.6 is 35.3 Å². The number of ether oxygens (including phenoxy) is 3. The number of hydrogen-bond donors (Lipinski definition) is 6. The molecule has 3 heterocycles. The Morgan fingerprint density at radius 1 is 0.287 bits per heavy atom. The second-order valence-electron chi connectivity index (χ2n) is 36.4. The monoisotopic (exact) mass is 1530 g/mol. The van der Waals surface area contributed by atoms with E-state index in [1.165, 1.54) is 21.3 Å². The van der Waals surface area contributed by atoms with Crippen LogP contribution in [-0.4, -0.2) is 120 Å². The molecule has 18 heteroatoms. The number of thioether (sulfide) groups is 3. The van der Waals surface area contributed by atoms with Crippen molar-refractivity contribution in [3.05, 3.63) is 208 Å². The average molecular weight is 1530 g/mol. The Bertz CT molecular complexity index is 3850. The number of nitrogens with zero attached hydrogens (tertiary/aromatic N) is 3. The maximum atomic E-state index is 15.0. The van der Waals surface area contributed by atoms with Gasteiger partial charge in [-0.3, -0.25) is 29.1 Å². The standard InChI is InChI=1S/C90H117N3O12S3/c1-85(2,3)67-28-55-25-56-29-68(86(4,5)6)36-63(77(56)95)42-92-43-64-37-71(89(13,14)15)32-59(80(64)98)27-60-33-72(90(16,17)18)39-66(81(60)99)45-93-44-65-38-70(88(10,11)12)31-58(79(65)97)26-57-30-69(87(7,8)9)35-62(78(57)96)41-91(40-61(34-67)76(55)94)73(82(100)103-19)49-106-46-52-22-53(47-107-50-74(92)83(101)104-20)24-54(23-52)48-108-51-75(93)84(102)105-21/h22-24,28-39,73-75,94-99H,25-27,40-51H2,1-21H3/t73-,74-,75-/m0/s1. The molecule has 10 rings (SSSR count). The summed E-state index contributed by atoms with van der Waals surface area (Å²) in [6, 6.07) is 27.6. The van der Waals surface area contributed by atoms with Gasteiger partial charge in [0.1, 0.15) is 52.6 Å². The minimum absolute atomic E-state index is 0.0141. The van der Waals surface area contributed by atoms with Gasteiger partial charge in [-0.1, -0.05) is 216 Å². The topological polar surface area (TPSA) is 210 Å². The van der Waals surface area contributed by atoms with Crippen LogP contribution in [0.15, 0.2) is 91.0 Å². The number of carbonyl (C=O) groups excluding carboxylic acids is 3. The molecular formula is C90H117N3O12S3. The summed E-state index contributed by atoms with van der Waals surface area (Å²) in [5.41, 5.74) is 11.7. The molecule has 0 radical (unpaired) electrons. The second kappa shape index (κ2) is 32.6. The normalized spacial score (nSPS) is 19.8. The number of carbonyl (C=O) groups is 3. The molecule has 15 nitrogen and oxygen atoms in total. The average Bonchev–Trinajstić information content (AvgIpc) is 0.781. The zero-order valence-electron chi connectivity index (χ0n) is 67.7. The summed E-state index contributed by atoms with van der Waals surface area (Å²) in [5.74, 6) is 0.354. The van der Waals surface area contributed by atoms with E-state index in [1.54, 1.807) is 35.3 Å². The fourth-order valence-electron chi connectivity index (χ4n) is 14.8. The predicted molar refractivity (Wildman–Crippen MR) is 439 cm³/mol. The van der Waals surface area contributed by atoms with Gasteiger partial charge >= 0.3 is 17.9 Å². The number of fused-ring (bicyclic) bond motifs is 24. The minimum Gasteiger partial charge on any atom is -0.507 e. The Balaban J connectivity index is 1.37. The quantitative estimate of drug-likeness (QED) is 0.0718. The van der Waals surface area contributed by atoms with Gasteiger partial charge in [-0.25, -0.2) is 0 Å². The number of aromatic hydroxyl groups is 6.